The SMILES string of the molecule is C[C@]12CC[C@H](O)C[C@H]1CC[C@@H]1[C@H]2C[C@@H](O)[C@]2(C)[C@@H](C3=CC(=O)OC3)CC[C@]12O. The summed E-state index contributed by atoms with van der Waals surface area (Å²) in [5, 5.41) is 33.7. The van der Waals surface area contributed by atoms with Crippen LogP contribution in [0.5, 0.6) is 0 Å². The van der Waals surface area contributed by atoms with E-state index in [0.29, 0.717) is 31.3 Å². The van der Waals surface area contributed by atoms with Gasteiger partial charge in [0.05, 0.1) is 17.8 Å². The molecule has 0 amide bonds. The van der Waals surface area contributed by atoms with E-state index in [2.05, 4.69) is 6.92 Å². The van der Waals surface area contributed by atoms with Crippen molar-refractivity contribution >= 4 is 5.97 Å². The first-order chi connectivity index (χ1) is 13.2. The molecule has 0 aromatic carbocycles. The fourth-order valence-electron chi connectivity index (χ4n) is 8.37. The van der Waals surface area contributed by atoms with Gasteiger partial charge in [-0.3, -0.25) is 0 Å². The fraction of sp³-hybridized carbons (Fsp3) is 0.870. The lowest BCUT2D eigenvalue weighted by Gasteiger charge is -2.64. The summed E-state index contributed by atoms with van der Waals surface area (Å²) in [5.41, 5.74) is -0.507. The minimum atomic E-state index is -0.906. The summed E-state index contributed by atoms with van der Waals surface area (Å²) in [7, 11) is 0. The molecule has 1 heterocycles. The number of esters is 1. The Kier molecular flexibility index (Phi) is 4.12. The van der Waals surface area contributed by atoms with Crippen molar-refractivity contribution in [3.8, 4) is 0 Å². The maximum atomic E-state index is 12.1. The topological polar surface area (TPSA) is 87.0 Å². The molecule has 28 heavy (non-hydrogen) atoms. The number of aliphatic hydroxyl groups is 3. The Labute approximate surface area is 167 Å². The van der Waals surface area contributed by atoms with Gasteiger partial charge in [0, 0.05) is 11.5 Å². The fourth-order valence-corrected chi connectivity index (χ4v) is 8.37. The largest absolute Gasteiger partial charge is 0.458 e. The molecule has 5 nitrogen and oxygen atoms in total. The number of carbonyl (C=O) groups is 1. The molecule has 9 atom stereocenters. The first-order valence-corrected chi connectivity index (χ1v) is 11.2. The Morgan fingerprint density at radius 2 is 1.82 bits per heavy atom. The van der Waals surface area contributed by atoms with Crippen molar-refractivity contribution < 1.29 is 24.9 Å². The monoisotopic (exact) mass is 390 g/mol. The Morgan fingerprint density at radius 3 is 2.54 bits per heavy atom. The van der Waals surface area contributed by atoms with E-state index in [-0.39, 0.29) is 29.3 Å². The third-order valence-electron chi connectivity index (χ3n) is 10.0. The lowest BCUT2D eigenvalue weighted by atomic mass is 9.42. The van der Waals surface area contributed by atoms with Gasteiger partial charge in [0.1, 0.15) is 6.61 Å². The summed E-state index contributed by atoms with van der Waals surface area (Å²) in [6.07, 6.45) is 7.69. The Morgan fingerprint density at radius 1 is 1.04 bits per heavy atom. The smallest absolute Gasteiger partial charge is 0.331 e. The molecule has 5 aliphatic rings. The summed E-state index contributed by atoms with van der Waals surface area (Å²) in [5.74, 6) is 0.657. The zero-order valence-electron chi connectivity index (χ0n) is 17.1. The number of ether oxygens (including phenoxy) is 1. The summed E-state index contributed by atoms with van der Waals surface area (Å²) >= 11 is 0. The van der Waals surface area contributed by atoms with Crippen molar-refractivity contribution in [2.45, 2.75) is 83.0 Å². The lowest BCUT2D eigenvalue weighted by molar-refractivity contribution is -0.244. The van der Waals surface area contributed by atoms with Crippen molar-refractivity contribution in [2.24, 2.45) is 34.5 Å². The van der Waals surface area contributed by atoms with Crippen molar-refractivity contribution in [1.29, 1.82) is 0 Å². The molecule has 4 fully saturated rings. The number of rotatable bonds is 1. The highest BCUT2D eigenvalue weighted by Crippen LogP contribution is 2.69. The molecule has 1 aliphatic heterocycles. The minimum absolute atomic E-state index is 0.00129. The quantitative estimate of drug-likeness (QED) is 0.599. The van der Waals surface area contributed by atoms with Crippen molar-refractivity contribution in [2.75, 3.05) is 6.61 Å². The molecule has 5 rings (SSSR count). The standard InChI is InChI=1S/C23H34O5/c1-21-7-5-15(24)10-14(21)3-4-17-18(21)11-19(25)22(2)16(6-8-23(17,22)27)13-9-20(26)28-12-13/h9,14-19,24-25,27H,3-8,10-12H2,1-2H3/t14-,15+,16-,17-,18-,19-,21+,22+,23+/m1/s1. The van der Waals surface area contributed by atoms with Gasteiger partial charge >= 0.3 is 5.97 Å². The van der Waals surface area contributed by atoms with Crippen LogP contribution in [0.15, 0.2) is 11.6 Å². The molecular formula is C23H34O5. The van der Waals surface area contributed by atoms with E-state index < -0.39 is 17.1 Å². The molecule has 0 spiro atoms. The van der Waals surface area contributed by atoms with Gasteiger partial charge in [0.2, 0.25) is 0 Å². The van der Waals surface area contributed by atoms with E-state index >= 15 is 0 Å². The summed E-state index contributed by atoms with van der Waals surface area (Å²) in [6.45, 7) is 4.69. The predicted molar refractivity (Wildman–Crippen MR) is 103 cm³/mol. The summed E-state index contributed by atoms with van der Waals surface area (Å²) in [6, 6.07) is 0. The van der Waals surface area contributed by atoms with Crippen LogP contribution in [0, 0.1) is 34.5 Å². The zero-order valence-corrected chi connectivity index (χ0v) is 17.1. The second kappa shape index (κ2) is 6.05. The summed E-state index contributed by atoms with van der Waals surface area (Å²) < 4.78 is 5.16. The van der Waals surface area contributed by atoms with E-state index in [0.717, 1.165) is 44.1 Å². The normalized spacial score (nSPS) is 55.8. The molecule has 0 aromatic rings. The Hall–Kier alpha value is -0.910. The van der Waals surface area contributed by atoms with Gasteiger partial charge in [-0.2, -0.15) is 0 Å². The van der Waals surface area contributed by atoms with Gasteiger partial charge in [-0.25, -0.2) is 4.79 Å². The second-order valence-electron chi connectivity index (χ2n) is 10.8. The number of cyclic esters (lactones) is 1. The molecule has 0 unspecified atom stereocenters. The molecule has 4 saturated carbocycles. The average Bonchev–Trinajstić information content (AvgIpc) is 3.19. The van der Waals surface area contributed by atoms with Crippen LogP contribution in [-0.4, -0.2) is 45.7 Å². The van der Waals surface area contributed by atoms with Crippen LogP contribution in [0.2, 0.25) is 0 Å². The first-order valence-electron chi connectivity index (χ1n) is 11.2. The third kappa shape index (κ3) is 2.27. The van der Waals surface area contributed by atoms with Crippen LogP contribution < -0.4 is 0 Å². The second-order valence-corrected chi connectivity index (χ2v) is 10.8. The van der Waals surface area contributed by atoms with Crippen LogP contribution in [0.4, 0.5) is 0 Å². The number of hydrogen-bond acceptors (Lipinski definition) is 5. The van der Waals surface area contributed by atoms with Gasteiger partial charge in [-0.05, 0) is 86.0 Å². The van der Waals surface area contributed by atoms with Crippen molar-refractivity contribution in [3.63, 3.8) is 0 Å². The number of fused-ring (bicyclic) bond motifs is 5. The van der Waals surface area contributed by atoms with Crippen LogP contribution in [0.3, 0.4) is 0 Å². The minimum Gasteiger partial charge on any atom is -0.458 e. The maximum Gasteiger partial charge on any atom is 0.331 e. The Balaban J connectivity index is 1.51. The third-order valence-corrected chi connectivity index (χ3v) is 10.0. The van der Waals surface area contributed by atoms with E-state index in [1.807, 2.05) is 6.92 Å². The predicted octanol–water partition coefficient (Wildman–Crippen LogP) is 2.58. The average molecular weight is 391 g/mol. The maximum absolute atomic E-state index is 12.1. The van der Waals surface area contributed by atoms with E-state index in [9.17, 15) is 20.1 Å². The molecule has 0 radical (unpaired) electrons. The van der Waals surface area contributed by atoms with Gasteiger partial charge in [-0.1, -0.05) is 13.8 Å². The van der Waals surface area contributed by atoms with E-state index in [1.165, 1.54) is 0 Å². The van der Waals surface area contributed by atoms with Crippen LogP contribution in [-0.2, 0) is 9.53 Å². The Bertz CT molecular complexity index is 718. The van der Waals surface area contributed by atoms with E-state index in [4.69, 9.17) is 4.74 Å². The zero-order chi connectivity index (χ0) is 19.9. The van der Waals surface area contributed by atoms with Crippen LogP contribution in [0.1, 0.15) is 65.2 Å². The number of carbonyl (C=O) groups excluding carboxylic acids is 1. The first kappa shape index (κ1) is 19.1. The van der Waals surface area contributed by atoms with Crippen molar-refractivity contribution in [1.82, 2.24) is 0 Å². The molecule has 0 aromatic heterocycles. The molecule has 4 aliphatic carbocycles. The molecule has 0 saturated heterocycles. The van der Waals surface area contributed by atoms with Crippen LogP contribution >= 0.6 is 0 Å². The van der Waals surface area contributed by atoms with Gasteiger partial charge in [0.15, 0.2) is 0 Å². The van der Waals surface area contributed by atoms with Gasteiger partial charge < -0.3 is 20.1 Å². The van der Waals surface area contributed by atoms with Crippen molar-refractivity contribution in [3.05, 3.63) is 11.6 Å². The molecule has 0 bridgehead atoms. The van der Waals surface area contributed by atoms with Gasteiger partial charge in [0.25, 0.3) is 0 Å². The highest BCUT2D eigenvalue weighted by molar-refractivity contribution is 5.85. The molecular weight excluding hydrogens is 356 g/mol. The lowest BCUT2D eigenvalue weighted by Crippen LogP contribution is -2.67. The van der Waals surface area contributed by atoms with E-state index in [1.54, 1.807) is 6.08 Å². The molecule has 3 N–H and O–H groups in total. The highest BCUT2D eigenvalue weighted by Gasteiger charge is 2.70. The highest BCUT2D eigenvalue weighted by atomic mass is 16.5. The summed E-state index contributed by atoms with van der Waals surface area (Å²) in [4.78, 5) is 11.6. The number of hydrogen-bond donors (Lipinski definition) is 3. The number of aliphatic hydroxyl groups excluding tert-OH is 2. The van der Waals surface area contributed by atoms with Crippen LogP contribution in [0.25, 0.3) is 0 Å². The molecule has 5 heteroatoms. The van der Waals surface area contributed by atoms with Gasteiger partial charge in [-0.15, -0.1) is 0 Å². The molecule has 156 valence electrons.